The largest absolute Gasteiger partial charge is 0.403 e. The molecule has 3 nitrogen and oxygen atoms in total. The van der Waals surface area contributed by atoms with Crippen LogP contribution in [-0.2, 0) is 10.8 Å². The molecule has 4 rings (SSSR count). The van der Waals surface area contributed by atoms with Gasteiger partial charge < -0.3 is 16.8 Å². The average Bonchev–Trinajstić information content (AvgIpc) is 2.81. The Hall–Kier alpha value is -2.83. The van der Waals surface area contributed by atoms with Crippen molar-refractivity contribution in [2.45, 2.75) is 77.1 Å². The summed E-state index contributed by atoms with van der Waals surface area (Å²) in [5.74, 6) is 0. The topological polar surface area (TPSA) is 64.1 Å². The van der Waals surface area contributed by atoms with Crippen LogP contribution in [0.2, 0.25) is 0 Å². The molecule has 0 fully saturated rings. The van der Waals surface area contributed by atoms with E-state index in [4.69, 9.17) is 11.5 Å². The second-order valence-corrected chi connectivity index (χ2v) is 12.3. The fourth-order valence-corrected chi connectivity index (χ4v) is 4.84. The van der Waals surface area contributed by atoms with Gasteiger partial charge in [0.15, 0.2) is 0 Å². The maximum atomic E-state index is 13.0. The fourth-order valence-electron chi connectivity index (χ4n) is 4.84. The maximum Gasteiger partial charge on any atom is 0.403 e. The molecule has 0 saturated carbocycles. The number of halogens is 3. The molecule has 1 aliphatic heterocycles. The first kappa shape index (κ1) is 27.2. The summed E-state index contributed by atoms with van der Waals surface area (Å²) < 4.78 is 39.1. The van der Waals surface area contributed by atoms with Crippen LogP contribution in [0.3, 0.4) is 0 Å². The molecule has 0 amide bonds. The predicted octanol–water partition coefficient (Wildman–Crippen LogP) is 7.07. The van der Waals surface area contributed by atoms with E-state index in [-0.39, 0.29) is 17.3 Å². The second-order valence-electron chi connectivity index (χ2n) is 12.3. The quantitative estimate of drug-likeness (QED) is 0.330. The predicted molar refractivity (Wildman–Crippen MR) is 150 cm³/mol. The highest BCUT2D eigenvalue weighted by Crippen LogP contribution is 2.38. The Balaban J connectivity index is 1.87. The fraction of sp³-hybridized carbons (Fsp3) is 0.419. The van der Waals surface area contributed by atoms with Crippen LogP contribution >= 0.6 is 0 Å². The molecule has 1 heterocycles. The van der Waals surface area contributed by atoms with Crippen molar-refractivity contribution in [3.8, 4) is 0 Å². The molecule has 2 unspecified atom stereocenters. The van der Waals surface area contributed by atoms with Crippen LogP contribution in [0.1, 0.15) is 64.7 Å². The molecule has 3 aromatic rings. The van der Waals surface area contributed by atoms with E-state index in [0.717, 1.165) is 21.9 Å². The van der Waals surface area contributed by atoms with E-state index in [1.165, 1.54) is 21.9 Å². The van der Waals surface area contributed by atoms with E-state index in [0.29, 0.717) is 12.2 Å². The number of alkyl halides is 3. The van der Waals surface area contributed by atoms with Gasteiger partial charge in [-0.05, 0) is 79.3 Å². The van der Waals surface area contributed by atoms with Crippen molar-refractivity contribution < 1.29 is 13.2 Å². The maximum absolute atomic E-state index is 13.0. The van der Waals surface area contributed by atoms with Crippen molar-refractivity contribution in [3.05, 3.63) is 77.0 Å². The summed E-state index contributed by atoms with van der Waals surface area (Å²) in [5, 5.41) is 7.75. The first-order chi connectivity index (χ1) is 17.1. The van der Waals surface area contributed by atoms with E-state index in [9.17, 15) is 13.2 Å². The van der Waals surface area contributed by atoms with E-state index in [2.05, 4.69) is 95.4 Å². The molecular formula is C31H38F3N3. The number of nitrogens with two attached hydrogens (primary N) is 2. The van der Waals surface area contributed by atoms with Gasteiger partial charge in [-0.2, -0.15) is 13.2 Å². The molecule has 0 saturated heterocycles. The molecule has 2 atom stereocenters. The Kier molecular flexibility index (Phi) is 6.97. The zero-order valence-corrected chi connectivity index (χ0v) is 22.6. The number of hydrogen-bond donors (Lipinski definition) is 3. The van der Waals surface area contributed by atoms with E-state index in [1.807, 2.05) is 6.08 Å². The number of allylic oxidation sites excluding steroid dienone is 2. The molecule has 0 aliphatic carbocycles. The molecular weight excluding hydrogens is 471 g/mol. The van der Waals surface area contributed by atoms with Gasteiger partial charge in [0.2, 0.25) is 0 Å². The van der Waals surface area contributed by atoms with Gasteiger partial charge in [0, 0.05) is 18.3 Å². The summed E-state index contributed by atoms with van der Waals surface area (Å²) in [6.07, 6.45) is -0.921. The standard InChI is InChI=1S/C31H38F3N3/c1-29(2,3)20-8-7-18-13-23(22-10-9-21(30(4,5)6)16-25(22)24(18)15-20)19-11-12-37-27(14-19)26(35)17-28(36)31(32,33)34/h7-11,13-16,26,28,37H,12,17,35-36H2,1-6H3. The Morgan fingerprint density at radius 2 is 1.41 bits per heavy atom. The molecule has 3 aromatic carbocycles. The molecule has 0 bridgehead atoms. The lowest BCUT2D eigenvalue weighted by Gasteiger charge is -2.26. The van der Waals surface area contributed by atoms with Crippen LogP contribution in [-0.4, -0.2) is 24.8 Å². The Labute approximate surface area is 217 Å². The highest BCUT2D eigenvalue weighted by atomic mass is 19.4. The number of benzene rings is 3. The second kappa shape index (κ2) is 9.48. The highest BCUT2D eigenvalue weighted by Gasteiger charge is 2.38. The van der Waals surface area contributed by atoms with Crippen LogP contribution in [0.25, 0.3) is 27.1 Å². The van der Waals surface area contributed by atoms with Crippen molar-refractivity contribution in [3.63, 3.8) is 0 Å². The molecule has 5 N–H and O–H groups in total. The molecule has 6 heteroatoms. The van der Waals surface area contributed by atoms with Crippen LogP contribution in [0, 0.1) is 0 Å². The van der Waals surface area contributed by atoms with Crippen molar-refractivity contribution in [1.82, 2.24) is 5.32 Å². The summed E-state index contributed by atoms with van der Waals surface area (Å²) in [5.41, 5.74) is 16.6. The molecule has 0 aromatic heterocycles. The summed E-state index contributed by atoms with van der Waals surface area (Å²) in [6, 6.07) is 12.6. The van der Waals surface area contributed by atoms with Gasteiger partial charge in [-0.3, -0.25) is 0 Å². The lowest BCUT2D eigenvalue weighted by Crippen LogP contribution is -2.44. The minimum Gasteiger partial charge on any atom is -0.384 e. The normalized spacial score (nSPS) is 16.8. The van der Waals surface area contributed by atoms with Gasteiger partial charge in [0.25, 0.3) is 0 Å². The Bertz CT molecular complexity index is 1390. The third-order valence-electron chi connectivity index (χ3n) is 7.26. The van der Waals surface area contributed by atoms with Crippen molar-refractivity contribution in [2.24, 2.45) is 11.5 Å². The van der Waals surface area contributed by atoms with Crippen LogP contribution in [0.4, 0.5) is 13.2 Å². The van der Waals surface area contributed by atoms with E-state index in [1.54, 1.807) is 0 Å². The minimum atomic E-state index is -4.48. The lowest BCUT2D eigenvalue weighted by atomic mass is 9.81. The molecule has 37 heavy (non-hydrogen) atoms. The third-order valence-corrected chi connectivity index (χ3v) is 7.26. The first-order valence-electron chi connectivity index (χ1n) is 12.8. The number of fused-ring (bicyclic) bond motifs is 3. The summed E-state index contributed by atoms with van der Waals surface area (Å²) in [4.78, 5) is 0. The van der Waals surface area contributed by atoms with Crippen LogP contribution in [0.15, 0.2) is 60.3 Å². The zero-order valence-electron chi connectivity index (χ0n) is 22.6. The van der Waals surface area contributed by atoms with Gasteiger partial charge in [-0.25, -0.2) is 0 Å². The SMILES string of the molecule is CC(C)(C)c1ccc2cc(C3=CCNC(C(N)CC(N)C(F)(F)F)=C3)c3ccc(C(C)(C)C)cc3c2c1. The molecule has 198 valence electrons. The smallest absolute Gasteiger partial charge is 0.384 e. The van der Waals surface area contributed by atoms with E-state index < -0.39 is 18.3 Å². The molecule has 0 radical (unpaired) electrons. The molecule has 1 aliphatic rings. The van der Waals surface area contributed by atoms with Gasteiger partial charge in [-0.15, -0.1) is 0 Å². The summed E-state index contributed by atoms with van der Waals surface area (Å²) in [7, 11) is 0. The highest BCUT2D eigenvalue weighted by molar-refractivity contribution is 6.13. The van der Waals surface area contributed by atoms with Crippen molar-refractivity contribution in [2.75, 3.05) is 6.54 Å². The third kappa shape index (κ3) is 5.70. The van der Waals surface area contributed by atoms with Crippen LogP contribution in [0.5, 0.6) is 0 Å². The zero-order chi connectivity index (χ0) is 27.3. The van der Waals surface area contributed by atoms with Gasteiger partial charge in [0.1, 0.15) is 6.04 Å². The number of hydrogen-bond acceptors (Lipinski definition) is 3. The van der Waals surface area contributed by atoms with Crippen molar-refractivity contribution in [1.29, 1.82) is 0 Å². The van der Waals surface area contributed by atoms with Crippen LogP contribution < -0.4 is 16.8 Å². The summed E-state index contributed by atoms with van der Waals surface area (Å²) >= 11 is 0. The number of dihydropyridines is 1. The van der Waals surface area contributed by atoms with Crippen molar-refractivity contribution >= 4 is 27.1 Å². The minimum absolute atomic E-state index is 0.0106. The summed E-state index contributed by atoms with van der Waals surface area (Å²) in [6.45, 7) is 13.7. The number of rotatable bonds is 4. The average molecular weight is 510 g/mol. The van der Waals surface area contributed by atoms with Gasteiger partial charge in [-0.1, -0.05) is 78.0 Å². The monoisotopic (exact) mass is 509 g/mol. The lowest BCUT2D eigenvalue weighted by molar-refractivity contribution is -0.149. The number of nitrogens with one attached hydrogen (secondary N) is 1. The van der Waals surface area contributed by atoms with Gasteiger partial charge >= 0.3 is 6.18 Å². The van der Waals surface area contributed by atoms with Gasteiger partial charge in [0.05, 0.1) is 0 Å². The molecule has 0 spiro atoms. The Morgan fingerprint density at radius 3 is 2.00 bits per heavy atom. The first-order valence-corrected chi connectivity index (χ1v) is 12.8. The Morgan fingerprint density at radius 1 is 0.811 bits per heavy atom. The van der Waals surface area contributed by atoms with E-state index >= 15 is 0 Å².